The molecule has 21 heavy (non-hydrogen) atoms. The lowest BCUT2D eigenvalue weighted by atomic mass is 10.1. The average Bonchev–Trinajstić information content (AvgIpc) is 2.46. The number of hydrogen-bond donors (Lipinski definition) is 1. The molecule has 0 atom stereocenters. The van der Waals surface area contributed by atoms with Crippen molar-refractivity contribution in [1.29, 1.82) is 0 Å². The fourth-order valence-electron chi connectivity index (χ4n) is 1.65. The van der Waals surface area contributed by atoms with Crippen LogP contribution in [0.4, 0.5) is 8.78 Å². The number of benzene rings is 2. The van der Waals surface area contributed by atoms with Gasteiger partial charge in [-0.15, -0.1) is 0 Å². The Morgan fingerprint density at radius 3 is 2.67 bits per heavy atom. The van der Waals surface area contributed by atoms with Crippen molar-refractivity contribution in [2.75, 3.05) is 6.61 Å². The van der Waals surface area contributed by atoms with Crippen LogP contribution in [0.2, 0.25) is 5.02 Å². The summed E-state index contributed by atoms with van der Waals surface area (Å²) in [5, 5.41) is 8.79. The predicted molar refractivity (Wildman–Crippen MR) is 76.1 cm³/mol. The number of aliphatic hydroxyl groups is 1. The van der Waals surface area contributed by atoms with Crippen LogP contribution < -0.4 is 4.74 Å². The Morgan fingerprint density at radius 2 is 1.95 bits per heavy atom. The first-order chi connectivity index (χ1) is 10.1. The average molecular weight is 309 g/mol. The van der Waals surface area contributed by atoms with Crippen molar-refractivity contribution in [3.63, 3.8) is 0 Å². The topological polar surface area (TPSA) is 29.5 Å². The summed E-state index contributed by atoms with van der Waals surface area (Å²) in [6.07, 6.45) is 0. The van der Waals surface area contributed by atoms with E-state index in [1.165, 1.54) is 24.3 Å². The van der Waals surface area contributed by atoms with Gasteiger partial charge in [0.1, 0.15) is 30.6 Å². The summed E-state index contributed by atoms with van der Waals surface area (Å²) in [5.74, 6) is 4.31. The summed E-state index contributed by atoms with van der Waals surface area (Å²) in [6, 6.07) is 8.16. The van der Waals surface area contributed by atoms with Crippen molar-refractivity contribution in [1.82, 2.24) is 0 Å². The summed E-state index contributed by atoms with van der Waals surface area (Å²) in [4.78, 5) is 0. The molecular formula is C16H11ClF2O2. The second-order valence-electron chi connectivity index (χ2n) is 4.14. The highest BCUT2D eigenvalue weighted by Crippen LogP contribution is 2.25. The molecule has 0 aliphatic carbocycles. The second-order valence-corrected chi connectivity index (χ2v) is 4.54. The molecule has 1 N–H and O–H groups in total. The molecule has 0 unspecified atom stereocenters. The Labute approximate surface area is 125 Å². The third kappa shape index (κ3) is 4.19. The lowest BCUT2D eigenvalue weighted by Crippen LogP contribution is -1.98. The van der Waals surface area contributed by atoms with Gasteiger partial charge in [-0.3, -0.25) is 0 Å². The number of aliphatic hydroxyl groups excluding tert-OH is 1. The van der Waals surface area contributed by atoms with Gasteiger partial charge in [0, 0.05) is 0 Å². The maximum atomic E-state index is 13.5. The molecule has 2 aromatic carbocycles. The third-order valence-electron chi connectivity index (χ3n) is 2.62. The molecule has 0 bridgehead atoms. The molecule has 0 radical (unpaired) electrons. The van der Waals surface area contributed by atoms with Crippen molar-refractivity contribution in [2.24, 2.45) is 0 Å². The predicted octanol–water partition coefficient (Wildman–Crippen LogP) is 3.54. The van der Waals surface area contributed by atoms with E-state index < -0.39 is 11.6 Å². The highest BCUT2D eigenvalue weighted by Gasteiger charge is 2.05. The van der Waals surface area contributed by atoms with Crippen LogP contribution in [-0.2, 0) is 6.61 Å². The fourth-order valence-corrected chi connectivity index (χ4v) is 1.87. The molecule has 108 valence electrons. The molecule has 0 aliphatic rings. The fraction of sp³-hybridized carbons (Fsp3) is 0.125. The van der Waals surface area contributed by atoms with Gasteiger partial charge in [0.15, 0.2) is 0 Å². The molecule has 5 heteroatoms. The molecule has 0 saturated heterocycles. The minimum absolute atomic E-state index is 0.138. The van der Waals surface area contributed by atoms with Crippen LogP contribution in [-0.4, -0.2) is 11.7 Å². The Bertz CT molecular complexity index is 705. The summed E-state index contributed by atoms with van der Waals surface area (Å²) in [7, 11) is 0. The SMILES string of the molecule is OCC#Cc1cc(COc2ccc(F)cc2Cl)ccc1F. The van der Waals surface area contributed by atoms with E-state index in [-0.39, 0.29) is 23.8 Å². The van der Waals surface area contributed by atoms with Gasteiger partial charge < -0.3 is 9.84 Å². The van der Waals surface area contributed by atoms with E-state index in [4.69, 9.17) is 21.4 Å². The van der Waals surface area contributed by atoms with Gasteiger partial charge in [-0.2, -0.15) is 0 Å². The normalized spacial score (nSPS) is 9.90. The maximum absolute atomic E-state index is 13.5. The largest absolute Gasteiger partial charge is 0.487 e. The van der Waals surface area contributed by atoms with Crippen molar-refractivity contribution in [3.05, 3.63) is 64.2 Å². The van der Waals surface area contributed by atoms with Gasteiger partial charge in [-0.25, -0.2) is 8.78 Å². The van der Waals surface area contributed by atoms with Crippen LogP contribution >= 0.6 is 11.6 Å². The Morgan fingerprint density at radius 1 is 1.14 bits per heavy atom. The van der Waals surface area contributed by atoms with E-state index in [1.54, 1.807) is 6.07 Å². The van der Waals surface area contributed by atoms with E-state index in [9.17, 15) is 8.78 Å². The molecular weight excluding hydrogens is 298 g/mol. The first-order valence-corrected chi connectivity index (χ1v) is 6.44. The first-order valence-electron chi connectivity index (χ1n) is 6.06. The highest BCUT2D eigenvalue weighted by molar-refractivity contribution is 6.32. The molecule has 0 heterocycles. The Hall–Kier alpha value is -2.09. The molecule has 0 aliphatic heterocycles. The van der Waals surface area contributed by atoms with Crippen LogP contribution in [0.1, 0.15) is 11.1 Å². The zero-order valence-corrected chi connectivity index (χ0v) is 11.6. The summed E-state index contributed by atoms with van der Waals surface area (Å²) in [6.45, 7) is -0.204. The van der Waals surface area contributed by atoms with Gasteiger partial charge >= 0.3 is 0 Å². The van der Waals surface area contributed by atoms with Crippen molar-refractivity contribution in [2.45, 2.75) is 6.61 Å². The van der Waals surface area contributed by atoms with Gasteiger partial charge in [0.25, 0.3) is 0 Å². The summed E-state index contributed by atoms with van der Waals surface area (Å²) >= 11 is 5.85. The maximum Gasteiger partial charge on any atom is 0.138 e. The number of rotatable bonds is 3. The van der Waals surface area contributed by atoms with Crippen LogP contribution in [0, 0.1) is 23.5 Å². The van der Waals surface area contributed by atoms with Crippen LogP contribution in [0.25, 0.3) is 0 Å². The van der Waals surface area contributed by atoms with Crippen molar-refractivity contribution >= 4 is 11.6 Å². The molecule has 0 spiro atoms. The quantitative estimate of drug-likeness (QED) is 0.879. The van der Waals surface area contributed by atoms with Crippen LogP contribution in [0.15, 0.2) is 36.4 Å². The lowest BCUT2D eigenvalue weighted by Gasteiger charge is -2.08. The summed E-state index contributed by atoms with van der Waals surface area (Å²) in [5.41, 5.74) is 0.856. The van der Waals surface area contributed by atoms with E-state index in [0.29, 0.717) is 11.3 Å². The smallest absolute Gasteiger partial charge is 0.138 e. The minimum atomic E-state index is -0.473. The van der Waals surface area contributed by atoms with Crippen molar-refractivity contribution < 1.29 is 18.6 Å². The molecule has 0 amide bonds. The van der Waals surface area contributed by atoms with Gasteiger partial charge in [-0.1, -0.05) is 29.5 Å². The van der Waals surface area contributed by atoms with E-state index in [2.05, 4.69) is 11.8 Å². The molecule has 2 aromatic rings. The highest BCUT2D eigenvalue weighted by atomic mass is 35.5. The van der Waals surface area contributed by atoms with E-state index in [1.807, 2.05) is 0 Å². The van der Waals surface area contributed by atoms with E-state index >= 15 is 0 Å². The zero-order chi connectivity index (χ0) is 15.2. The zero-order valence-electron chi connectivity index (χ0n) is 10.9. The third-order valence-corrected chi connectivity index (χ3v) is 2.92. The van der Waals surface area contributed by atoms with Crippen LogP contribution in [0.3, 0.4) is 0 Å². The molecule has 0 fully saturated rings. The monoisotopic (exact) mass is 308 g/mol. The first kappa shape index (κ1) is 15.3. The number of ether oxygens (including phenoxy) is 1. The summed E-state index contributed by atoms with van der Waals surface area (Å²) < 4.78 is 31.8. The minimum Gasteiger partial charge on any atom is -0.487 e. The van der Waals surface area contributed by atoms with E-state index in [0.717, 1.165) is 6.07 Å². The molecule has 0 aromatic heterocycles. The van der Waals surface area contributed by atoms with Crippen molar-refractivity contribution in [3.8, 4) is 17.6 Å². The van der Waals surface area contributed by atoms with Gasteiger partial charge in [0.05, 0.1) is 10.6 Å². The standard InChI is InChI=1S/C16H11ClF2O2/c17-14-9-13(18)4-6-16(14)21-10-11-3-5-15(19)12(8-11)2-1-7-20/h3-6,8-9,20H,7,10H2. The number of halogens is 3. The molecule has 2 nitrogen and oxygen atoms in total. The lowest BCUT2D eigenvalue weighted by molar-refractivity contribution is 0.305. The Kier molecular flexibility index (Phi) is 5.15. The Balaban J connectivity index is 2.13. The van der Waals surface area contributed by atoms with Crippen LogP contribution in [0.5, 0.6) is 5.75 Å². The second kappa shape index (κ2) is 7.07. The van der Waals surface area contributed by atoms with Gasteiger partial charge in [0.2, 0.25) is 0 Å². The molecule has 2 rings (SSSR count). The van der Waals surface area contributed by atoms with Gasteiger partial charge in [-0.05, 0) is 35.9 Å². The number of hydrogen-bond acceptors (Lipinski definition) is 2. The molecule has 0 saturated carbocycles.